The molecule has 6 heteroatoms. The summed E-state index contributed by atoms with van der Waals surface area (Å²) in [5, 5.41) is 0. The summed E-state index contributed by atoms with van der Waals surface area (Å²) in [7, 11) is 3.97. The predicted molar refractivity (Wildman–Crippen MR) is 106 cm³/mol. The summed E-state index contributed by atoms with van der Waals surface area (Å²) in [6.07, 6.45) is 7.32. The largest absolute Gasteiger partial charge is 0.334 e. The Labute approximate surface area is 157 Å². The van der Waals surface area contributed by atoms with Gasteiger partial charge < -0.3 is 9.47 Å². The first-order chi connectivity index (χ1) is 13.1. The van der Waals surface area contributed by atoms with Crippen molar-refractivity contribution in [3.8, 4) is 11.1 Å². The van der Waals surface area contributed by atoms with E-state index in [2.05, 4.69) is 32.8 Å². The van der Waals surface area contributed by atoms with Gasteiger partial charge in [0.05, 0.1) is 24.2 Å². The van der Waals surface area contributed by atoms with E-state index in [9.17, 15) is 4.39 Å². The van der Waals surface area contributed by atoms with Crippen molar-refractivity contribution in [3.05, 3.63) is 66.6 Å². The maximum Gasteiger partial charge on any atom is 0.142 e. The molecule has 0 amide bonds. The molecule has 1 aromatic carbocycles. The number of anilines is 2. The molecule has 0 aliphatic carbocycles. The normalized spacial score (nSPS) is 11.1. The Bertz CT molecular complexity index is 1120. The average Bonchev–Trinajstić information content (AvgIpc) is 3.07. The Balaban J connectivity index is 1.74. The number of halogens is 1. The summed E-state index contributed by atoms with van der Waals surface area (Å²) in [4.78, 5) is 14.9. The monoisotopic (exact) mass is 361 g/mol. The smallest absolute Gasteiger partial charge is 0.142 e. The maximum absolute atomic E-state index is 13.5. The summed E-state index contributed by atoms with van der Waals surface area (Å²) in [5.41, 5.74) is 5.86. The summed E-state index contributed by atoms with van der Waals surface area (Å²) in [6, 6.07) is 9.67. The van der Waals surface area contributed by atoms with Gasteiger partial charge in [0.1, 0.15) is 17.2 Å². The second kappa shape index (κ2) is 6.79. The molecular weight excluding hydrogens is 341 g/mol. The zero-order valence-corrected chi connectivity index (χ0v) is 15.5. The summed E-state index contributed by atoms with van der Waals surface area (Å²) in [6.45, 7) is 2.11. The molecule has 0 atom stereocenters. The molecule has 0 fully saturated rings. The standard InChI is InChI=1S/C21H20FN5/c1-4-14-7-15(16-8-17(22)11-23-10-16)5-6-19(14)27(3)21-9-20-18(12-24-21)25-13-26(20)2/h5-13H,4H2,1-3H3. The van der Waals surface area contributed by atoms with Gasteiger partial charge in [-0.05, 0) is 35.7 Å². The third-order valence-corrected chi connectivity index (χ3v) is 4.80. The van der Waals surface area contributed by atoms with Crippen molar-refractivity contribution >= 4 is 22.5 Å². The van der Waals surface area contributed by atoms with Gasteiger partial charge in [0.15, 0.2) is 0 Å². The molecule has 0 aliphatic rings. The third-order valence-electron chi connectivity index (χ3n) is 4.80. The number of hydrogen-bond acceptors (Lipinski definition) is 4. The van der Waals surface area contributed by atoms with Crippen molar-refractivity contribution in [3.63, 3.8) is 0 Å². The molecule has 0 saturated heterocycles. The van der Waals surface area contributed by atoms with Crippen LogP contribution in [0.25, 0.3) is 22.2 Å². The lowest BCUT2D eigenvalue weighted by molar-refractivity contribution is 0.622. The molecular formula is C21H20FN5. The van der Waals surface area contributed by atoms with Crippen LogP contribution in [0, 0.1) is 5.82 Å². The van der Waals surface area contributed by atoms with Gasteiger partial charge in [-0.2, -0.15) is 0 Å². The lowest BCUT2D eigenvalue weighted by Gasteiger charge is -2.22. The molecule has 0 aliphatic heterocycles. The summed E-state index contributed by atoms with van der Waals surface area (Å²) >= 11 is 0. The minimum Gasteiger partial charge on any atom is -0.334 e. The van der Waals surface area contributed by atoms with E-state index in [0.717, 1.165) is 45.6 Å². The topological polar surface area (TPSA) is 46.8 Å². The van der Waals surface area contributed by atoms with Gasteiger partial charge in [-0.1, -0.05) is 13.0 Å². The predicted octanol–water partition coefficient (Wildman–Crippen LogP) is 4.50. The Morgan fingerprint density at radius 3 is 2.67 bits per heavy atom. The number of imidazole rings is 1. The zero-order valence-electron chi connectivity index (χ0n) is 15.5. The van der Waals surface area contributed by atoms with Crippen molar-refractivity contribution in [1.29, 1.82) is 0 Å². The van der Waals surface area contributed by atoms with E-state index in [1.54, 1.807) is 18.7 Å². The fraction of sp³-hybridized carbons (Fsp3) is 0.190. The molecule has 5 nitrogen and oxygen atoms in total. The molecule has 0 bridgehead atoms. The fourth-order valence-electron chi connectivity index (χ4n) is 3.27. The van der Waals surface area contributed by atoms with Crippen LogP contribution >= 0.6 is 0 Å². The minimum atomic E-state index is -0.333. The highest BCUT2D eigenvalue weighted by Crippen LogP contribution is 2.31. The van der Waals surface area contributed by atoms with Crippen LogP contribution in [0.4, 0.5) is 15.9 Å². The van der Waals surface area contributed by atoms with E-state index < -0.39 is 0 Å². The molecule has 0 N–H and O–H groups in total. The van der Waals surface area contributed by atoms with E-state index >= 15 is 0 Å². The number of aromatic nitrogens is 4. The Morgan fingerprint density at radius 2 is 1.89 bits per heavy atom. The van der Waals surface area contributed by atoms with Gasteiger partial charge in [0, 0.05) is 37.6 Å². The highest BCUT2D eigenvalue weighted by Gasteiger charge is 2.13. The molecule has 3 heterocycles. The number of fused-ring (bicyclic) bond motifs is 1. The van der Waals surface area contributed by atoms with Gasteiger partial charge in [-0.25, -0.2) is 14.4 Å². The van der Waals surface area contributed by atoms with E-state index in [-0.39, 0.29) is 5.82 Å². The van der Waals surface area contributed by atoms with Crippen molar-refractivity contribution in [2.75, 3.05) is 11.9 Å². The highest BCUT2D eigenvalue weighted by molar-refractivity contribution is 5.79. The number of hydrogen-bond donors (Lipinski definition) is 0. The molecule has 136 valence electrons. The summed E-state index contributed by atoms with van der Waals surface area (Å²) < 4.78 is 15.5. The minimum absolute atomic E-state index is 0.333. The Hall–Kier alpha value is -3.28. The van der Waals surface area contributed by atoms with Crippen LogP contribution in [-0.4, -0.2) is 26.6 Å². The number of pyridine rings is 2. The van der Waals surface area contributed by atoms with Gasteiger partial charge in [0.2, 0.25) is 0 Å². The maximum atomic E-state index is 13.5. The van der Waals surface area contributed by atoms with Crippen LogP contribution in [0.1, 0.15) is 12.5 Å². The number of nitrogens with zero attached hydrogens (tertiary/aromatic N) is 5. The highest BCUT2D eigenvalue weighted by atomic mass is 19.1. The first kappa shape index (κ1) is 17.1. The first-order valence-corrected chi connectivity index (χ1v) is 8.81. The Morgan fingerprint density at radius 1 is 1.04 bits per heavy atom. The van der Waals surface area contributed by atoms with Crippen LogP contribution < -0.4 is 4.90 Å². The van der Waals surface area contributed by atoms with Crippen LogP contribution in [-0.2, 0) is 13.5 Å². The number of benzene rings is 1. The van der Waals surface area contributed by atoms with E-state index in [4.69, 9.17) is 0 Å². The molecule has 0 unspecified atom stereocenters. The van der Waals surface area contributed by atoms with Crippen molar-refractivity contribution in [2.24, 2.45) is 7.05 Å². The van der Waals surface area contributed by atoms with Crippen LogP contribution in [0.3, 0.4) is 0 Å². The second-order valence-corrected chi connectivity index (χ2v) is 6.53. The quantitative estimate of drug-likeness (QED) is 0.537. The van der Waals surface area contributed by atoms with E-state index in [0.29, 0.717) is 0 Å². The molecule has 0 spiro atoms. The Kier molecular flexibility index (Phi) is 4.32. The van der Waals surface area contributed by atoms with Gasteiger partial charge >= 0.3 is 0 Å². The molecule has 3 aromatic heterocycles. The third kappa shape index (κ3) is 3.14. The van der Waals surface area contributed by atoms with Gasteiger partial charge in [0.25, 0.3) is 0 Å². The molecule has 4 rings (SSSR count). The molecule has 27 heavy (non-hydrogen) atoms. The molecule has 4 aromatic rings. The molecule has 0 saturated carbocycles. The zero-order chi connectivity index (χ0) is 19.0. The van der Waals surface area contributed by atoms with Crippen LogP contribution in [0.5, 0.6) is 0 Å². The fourth-order valence-corrected chi connectivity index (χ4v) is 3.27. The van der Waals surface area contributed by atoms with Crippen LogP contribution in [0.15, 0.2) is 55.2 Å². The van der Waals surface area contributed by atoms with Crippen molar-refractivity contribution in [2.45, 2.75) is 13.3 Å². The first-order valence-electron chi connectivity index (χ1n) is 8.81. The van der Waals surface area contributed by atoms with Crippen molar-refractivity contribution in [1.82, 2.24) is 19.5 Å². The summed E-state index contributed by atoms with van der Waals surface area (Å²) in [5.74, 6) is 0.515. The van der Waals surface area contributed by atoms with Gasteiger partial charge in [-0.3, -0.25) is 4.98 Å². The SMILES string of the molecule is CCc1cc(-c2cncc(F)c2)ccc1N(C)c1cc2c(cn1)ncn2C. The number of aryl methyl sites for hydroxylation is 2. The van der Waals surface area contributed by atoms with Gasteiger partial charge in [-0.15, -0.1) is 0 Å². The number of rotatable bonds is 4. The van der Waals surface area contributed by atoms with Crippen molar-refractivity contribution < 1.29 is 4.39 Å². The van der Waals surface area contributed by atoms with E-state index in [1.165, 1.54) is 12.3 Å². The van der Waals surface area contributed by atoms with Crippen LogP contribution in [0.2, 0.25) is 0 Å². The second-order valence-electron chi connectivity index (χ2n) is 6.53. The van der Waals surface area contributed by atoms with E-state index in [1.807, 2.05) is 36.9 Å². The average molecular weight is 361 g/mol. The lowest BCUT2D eigenvalue weighted by Crippen LogP contribution is -2.13. The lowest BCUT2D eigenvalue weighted by atomic mass is 10.0. The molecule has 0 radical (unpaired) electrons.